The van der Waals surface area contributed by atoms with Crippen molar-refractivity contribution < 1.29 is 9.47 Å². The lowest BCUT2D eigenvalue weighted by Crippen LogP contribution is -2.28. The van der Waals surface area contributed by atoms with Gasteiger partial charge in [0.05, 0.1) is 0 Å². The summed E-state index contributed by atoms with van der Waals surface area (Å²) in [6.45, 7) is 1.31. The average Bonchev–Trinajstić information content (AvgIpc) is 2.94. The molecule has 1 heterocycles. The van der Waals surface area contributed by atoms with Crippen molar-refractivity contribution in [2.45, 2.75) is 6.04 Å². The molecular formula is C17H19N3O2. The molecule has 0 fully saturated rings. The predicted molar refractivity (Wildman–Crippen MR) is 87.6 cm³/mol. The summed E-state index contributed by atoms with van der Waals surface area (Å²) in [6, 6.07) is 18.1. The molecule has 2 aromatic rings. The van der Waals surface area contributed by atoms with Crippen molar-refractivity contribution in [3.63, 3.8) is 0 Å². The van der Waals surface area contributed by atoms with Gasteiger partial charge in [-0.1, -0.05) is 18.2 Å². The van der Waals surface area contributed by atoms with Crippen molar-refractivity contribution in [2.24, 2.45) is 10.7 Å². The average molecular weight is 297 g/mol. The van der Waals surface area contributed by atoms with Crippen LogP contribution in [0.3, 0.4) is 0 Å². The number of ether oxygens (including phenoxy) is 2. The number of nitrogens with two attached hydrogens (primary N) is 1. The molecule has 0 amide bonds. The number of aliphatic imine (C=N–C) groups is 1. The molecule has 0 bridgehead atoms. The Kier molecular flexibility index (Phi) is 4.14. The Morgan fingerprint density at radius 2 is 1.82 bits per heavy atom. The Morgan fingerprint density at radius 1 is 1.14 bits per heavy atom. The Hall–Kier alpha value is -2.69. The maximum absolute atomic E-state index is 5.78. The third-order valence-corrected chi connectivity index (χ3v) is 3.47. The molecule has 5 nitrogen and oxygen atoms in total. The van der Waals surface area contributed by atoms with Crippen LogP contribution in [0.5, 0.6) is 11.5 Å². The number of amidine groups is 1. The smallest absolute Gasteiger partial charge is 0.282 e. The van der Waals surface area contributed by atoms with E-state index in [0.717, 1.165) is 23.7 Å². The minimum Gasteiger partial charge on any atom is -0.463 e. The minimum atomic E-state index is 0.0882. The van der Waals surface area contributed by atoms with Crippen LogP contribution in [0.25, 0.3) is 0 Å². The number of hydrogen-bond donors (Lipinski definition) is 1. The lowest BCUT2D eigenvalue weighted by molar-refractivity contribution is 0.314. The summed E-state index contributed by atoms with van der Waals surface area (Å²) < 4.78 is 11.0. The zero-order valence-corrected chi connectivity index (χ0v) is 12.5. The summed E-state index contributed by atoms with van der Waals surface area (Å²) >= 11 is 0. The van der Waals surface area contributed by atoms with Gasteiger partial charge in [0.25, 0.3) is 6.02 Å². The van der Waals surface area contributed by atoms with Crippen molar-refractivity contribution in [3.8, 4) is 11.5 Å². The molecule has 22 heavy (non-hydrogen) atoms. The molecule has 0 radical (unpaired) electrons. The fraction of sp³-hybridized carbons (Fsp3) is 0.235. The van der Waals surface area contributed by atoms with Crippen molar-refractivity contribution in [1.82, 2.24) is 0 Å². The van der Waals surface area contributed by atoms with Crippen LogP contribution in [-0.4, -0.2) is 32.3 Å². The number of nitrogens with zero attached hydrogens (tertiary/aromatic N) is 2. The fourth-order valence-electron chi connectivity index (χ4n) is 2.34. The Balaban J connectivity index is 1.61. The molecule has 0 spiro atoms. The highest BCUT2D eigenvalue weighted by Gasteiger charge is 2.18. The van der Waals surface area contributed by atoms with E-state index in [1.165, 1.54) is 0 Å². The molecule has 114 valence electrons. The molecule has 1 aliphatic heterocycles. The number of benzene rings is 2. The Labute approximate surface area is 130 Å². The number of hydrogen-bond acceptors (Lipinski definition) is 5. The van der Waals surface area contributed by atoms with Crippen molar-refractivity contribution >= 4 is 11.7 Å². The van der Waals surface area contributed by atoms with Gasteiger partial charge in [0, 0.05) is 19.3 Å². The maximum atomic E-state index is 5.78. The number of para-hydroxylation sites is 1. The highest BCUT2D eigenvalue weighted by Crippen LogP contribution is 2.24. The lowest BCUT2D eigenvalue weighted by atomic mass is 10.2. The van der Waals surface area contributed by atoms with Gasteiger partial charge in [0.1, 0.15) is 24.1 Å². The van der Waals surface area contributed by atoms with Crippen molar-refractivity contribution in [3.05, 3.63) is 54.6 Å². The summed E-state index contributed by atoms with van der Waals surface area (Å²) in [7, 11) is 2.02. The van der Waals surface area contributed by atoms with Crippen LogP contribution in [0.1, 0.15) is 0 Å². The zero-order chi connectivity index (χ0) is 15.4. The van der Waals surface area contributed by atoms with E-state index < -0.39 is 0 Å². The van der Waals surface area contributed by atoms with Crippen LogP contribution in [0.15, 0.2) is 59.6 Å². The molecule has 0 aromatic heterocycles. The summed E-state index contributed by atoms with van der Waals surface area (Å²) in [5.74, 6) is 1.64. The monoisotopic (exact) mass is 297 g/mol. The maximum Gasteiger partial charge on any atom is 0.282 e. The van der Waals surface area contributed by atoms with Gasteiger partial charge < -0.3 is 20.1 Å². The molecule has 1 aliphatic rings. The number of likely N-dealkylation sites (N-methyl/N-ethyl adjacent to an activating group) is 1. The lowest BCUT2D eigenvalue weighted by Gasteiger charge is -2.21. The van der Waals surface area contributed by atoms with Gasteiger partial charge in [0.15, 0.2) is 0 Å². The molecule has 2 aromatic carbocycles. The van der Waals surface area contributed by atoms with E-state index in [-0.39, 0.29) is 12.1 Å². The van der Waals surface area contributed by atoms with E-state index >= 15 is 0 Å². The summed E-state index contributed by atoms with van der Waals surface area (Å²) in [5.41, 5.74) is 6.62. The van der Waals surface area contributed by atoms with E-state index in [9.17, 15) is 0 Å². The van der Waals surface area contributed by atoms with E-state index in [1.807, 2.05) is 61.6 Å². The fourth-order valence-corrected chi connectivity index (χ4v) is 2.34. The van der Waals surface area contributed by atoms with Crippen LogP contribution in [0, 0.1) is 0 Å². The van der Waals surface area contributed by atoms with Gasteiger partial charge in [-0.25, -0.2) is 4.99 Å². The molecule has 0 unspecified atom stereocenters. The normalized spacial score (nSPS) is 16.8. The van der Waals surface area contributed by atoms with Gasteiger partial charge in [-0.3, -0.25) is 0 Å². The standard InChI is InChI=1S/C17H19N3O2/c1-20(11-13-12-21-17(18)19-13)14-7-9-16(10-8-14)22-15-5-3-2-4-6-15/h2-10,13H,11-12H2,1H3,(H2,18,19)/t13-/m0/s1. The quantitative estimate of drug-likeness (QED) is 0.921. The van der Waals surface area contributed by atoms with Gasteiger partial charge in [-0.2, -0.15) is 0 Å². The molecular weight excluding hydrogens is 278 g/mol. The van der Waals surface area contributed by atoms with Gasteiger partial charge in [0.2, 0.25) is 0 Å². The second-order valence-electron chi connectivity index (χ2n) is 5.22. The van der Waals surface area contributed by atoms with Gasteiger partial charge >= 0.3 is 0 Å². The largest absolute Gasteiger partial charge is 0.463 e. The highest BCUT2D eigenvalue weighted by atomic mass is 16.5. The van der Waals surface area contributed by atoms with Gasteiger partial charge in [-0.15, -0.1) is 0 Å². The SMILES string of the molecule is CN(C[C@H]1COC(N)=N1)c1ccc(Oc2ccccc2)cc1. The van der Waals surface area contributed by atoms with Crippen LogP contribution in [-0.2, 0) is 4.74 Å². The summed E-state index contributed by atoms with van der Waals surface area (Å²) in [5, 5.41) is 0. The molecule has 0 aliphatic carbocycles. The van der Waals surface area contributed by atoms with E-state index in [1.54, 1.807) is 0 Å². The topological polar surface area (TPSA) is 60.1 Å². The molecule has 0 saturated carbocycles. The third-order valence-electron chi connectivity index (χ3n) is 3.47. The zero-order valence-electron chi connectivity index (χ0n) is 12.5. The first-order valence-corrected chi connectivity index (χ1v) is 7.21. The van der Waals surface area contributed by atoms with Crippen molar-refractivity contribution in [1.29, 1.82) is 0 Å². The molecule has 5 heteroatoms. The van der Waals surface area contributed by atoms with E-state index in [2.05, 4.69) is 9.89 Å². The molecule has 0 saturated heterocycles. The molecule has 2 N–H and O–H groups in total. The Morgan fingerprint density at radius 3 is 2.45 bits per heavy atom. The first kappa shape index (κ1) is 14.3. The minimum absolute atomic E-state index is 0.0882. The Bertz CT molecular complexity index is 641. The second-order valence-corrected chi connectivity index (χ2v) is 5.22. The van der Waals surface area contributed by atoms with Gasteiger partial charge in [-0.05, 0) is 36.4 Å². The van der Waals surface area contributed by atoms with E-state index in [0.29, 0.717) is 6.61 Å². The van der Waals surface area contributed by atoms with Crippen LogP contribution >= 0.6 is 0 Å². The van der Waals surface area contributed by atoms with Crippen molar-refractivity contribution in [2.75, 3.05) is 25.1 Å². The summed E-state index contributed by atoms with van der Waals surface area (Å²) in [6.07, 6.45) is 0. The number of rotatable bonds is 5. The van der Waals surface area contributed by atoms with Crippen LogP contribution < -0.4 is 15.4 Å². The third kappa shape index (κ3) is 3.49. The predicted octanol–water partition coefficient (Wildman–Crippen LogP) is 2.63. The summed E-state index contributed by atoms with van der Waals surface area (Å²) in [4.78, 5) is 6.36. The van der Waals surface area contributed by atoms with Crippen LogP contribution in [0.4, 0.5) is 5.69 Å². The van der Waals surface area contributed by atoms with E-state index in [4.69, 9.17) is 15.2 Å². The number of anilines is 1. The first-order valence-electron chi connectivity index (χ1n) is 7.21. The first-order chi connectivity index (χ1) is 10.7. The molecule has 3 rings (SSSR count). The molecule has 1 atom stereocenters. The van der Waals surface area contributed by atoms with Crippen LogP contribution in [0.2, 0.25) is 0 Å². The highest BCUT2D eigenvalue weighted by molar-refractivity contribution is 5.73. The second kappa shape index (κ2) is 6.39.